The maximum Gasteiger partial charge on any atom is 0.211 e. The molecule has 0 heterocycles. The van der Waals surface area contributed by atoms with Gasteiger partial charge >= 0.3 is 0 Å². The fourth-order valence-corrected chi connectivity index (χ4v) is 6.68. The van der Waals surface area contributed by atoms with Crippen molar-refractivity contribution in [2.24, 2.45) is 0 Å². The van der Waals surface area contributed by atoms with E-state index in [0.717, 1.165) is 42.9 Å². The van der Waals surface area contributed by atoms with Crippen molar-refractivity contribution in [2.45, 2.75) is 64.2 Å². The first kappa shape index (κ1) is 21.9. The van der Waals surface area contributed by atoms with Crippen molar-refractivity contribution in [3.63, 3.8) is 0 Å². The summed E-state index contributed by atoms with van der Waals surface area (Å²) in [5.74, 6) is 0. The molecular formula is C19H31ClN2O2S2. The van der Waals surface area contributed by atoms with E-state index in [9.17, 15) is 8.42 Å². The third kappa shape index (κ3) is 5.54. The molecule has 7 heteroatoms. The molecule has 1 fully saturated rings. The first-order valence-corrected chi connectivity index (χ1v) is 12.5. The summed E-state index contributed by atoms with van der Waals surface area (Å²) in [5, 5.41) is 0.985. The predicted octanol–water partition coefficient (Wildman–Crippen LogP) is 5.11. The summed E-state index contributed by atoms with van der Waals surface area (Å²) < 4.78 is 28.6. The third-order valence-electron chi connectivity index (χ3n) is 5.01. The van der Waals surface area contributed by atoms with Crippen molar-refractivity contribution in [1.82, 2.24) is 4.31 Å². The number of nitrogens with zero attached hydrogens (tertiary/aromatic N) is 2. The number of benzene rings is 1. The minimum Gasteiger partial charge on any atom is -0.316 e. The number of rotatable bonds is 7. The van der Waals surface area contributed by atoms with Gasteiger partial charge in [-0.2, -0.15) is 4.31 Å². The van der Waals surface area contributed by atoms with Crippen molar-refractivity contribution < 1.29 is 8.42 Å². The number of hydrogen-bond donors (Lipinski definition) is 0. The highest BCUT2D eigenvalue weighted by Crippen LogP contribution is 2.37. The van der Waals surface area contributed by atoms with E-state index in [0.29, 0.717) is 6.54 Å². The molecule has 26 heavy (non-hydrogen) atoms. The maximum atomic E-state index is 12.3. The van der Waals surface area contributed by atoms with Crippen LogP contribution in [0.15, 0.2) is 18.2 Å². The fourth-order valence-electron chi connectivity index (χ4n) is 3.74. The van der Waals surface area contributed by atoms with Gasteiger partial charge in [-0.3, -0.25) is 0 Å². The fraction of sp³-hybridized carbons (Fsp3) is 0.684. The lowest BCUT2D eigenvalue weighted by Crippen LogP contribution is -2.46. The zero-order valence-corrected chi connectivity index (χ0v) is 18.6. The van der Waals surface area contributed by atoms with Gasteiger partial charge in [0.25, 0.3) is 0 Å². The average Bonchev–Trinajstić information content (AvgIpc) is 2.80. The highest BCUT2D eigenvalue weighted by Gasteiger charge is 2.34. The Kier molecular flexibility index (Phi) is 8.13. The summed E-state index contributed by atoms with van der Waals surface area (Å²) in [5.41, 5.74) is 2.31. The summed E-state index contributed by atoms with van der Waals surface area (Å²) in [6.45, 7) is 7.54. The molecule has 0 aliphatic heterocycles. The lowest BCUT2D eigenvalue weighted by Gasteiger charge is -2.36. The molecule has 0 bridgehead atoms. The molecule has 0 aromatic heterocycles. The van der Waals surface area contributed by atoms with E-state index in [2.05, 4.69) is 18.2 Å². The number of anilines is 1. The van der Waals surface area contributed by atoms with Crippen LogP contribution in [0.1, 0.15) is 51.5 Å². The number of hydrogen-bond acceptors (Lipinski definition) is 4. The van der Waals surface area contributed by atoms with Gasteiger partial charge in [0.1, 0.15) is 0 Å². The zero-order valence-electron chi connectivity index (χ0n) is 16.2. The summed E-state index contributed by atoms with van der Waals surface area (Å²) in [7, 11) is -3.21. The van der Waals surface area contributed by atoms with Gasteiger partial charge in [0.2, 0.25) is 10.0 Å². The summed E-state index contributed by atoms with van der Waals surface area (Å²) in [4.78, 5) is 0. The quantitative estimate of drug-likeness (QED) is 0.456. The van der Waals surface area contributed by atoms with E-state index >= 15 is 0 Å². The Morgan fingerprint density at radius 1 is 1.15 bits per heavy atom. The summed E-state index contributed by atoms with van der Waals surface area (Å²) >= 11 is 8.02. The van der Waals surface area contributed by atoms with Crippen LogP contribution in [0, 0.1) is 6.92 Å². The van der Waals surface area contributed by atoms with E-state index < -0.39 is 10.0 Å². The molecular weight excluding hydrogens is 388 g/mol. The van der Waals surface area contributed by atoms with E-state index in [1.165, 1.54) is 18.2 Å². The Morgan fingerprint density at radius 2 is 1.85 bits per heavy atom. The molecule has 2 unspecified atom stereocenters. The number of sulfonamides is 1. The second-order valence-electron chi connectivity index (χ2n) is 6.94. The number of aryl methyl sites for hydroxylation is 1. The molecule has 2 rings (SSSR count). The Morgan fingerprint density at radius 3 is 2.46 bits per heavy atom. The molecule has 0 radical (unpaired) electrons. The Labute approximate surface area is 168 Å². The summed E-state index contributed by atoms with van der Waals surface area (Å²) in [6, 6.07) is 6.01. The van der Waals surface area contributed by atoms with Crippen LogP contribution < -0.4 is 4.31 Å². The Balaban J connectivity index is 2.30. The average molecular weight is 419 g/mol. The predicted molar refractivity (Wildman–Crippen MR) is 115 cm³/mol. The SMILES string of the molecule is CCN(SC1CCCCCC1N(CC)S(C)(=O)=O)c1cc(Cl)ccc1C. The molecule has 1 aliphatic carbocycles. The molecule has 1 aliphatic rings. The van der Waals surface area contributed by atoms with Gasteiger partial charge in [-0.05, 0) is 56.3 Å². The third-order valence-corrected chi connectivity index (χ3v) is 8.16. The Bertz CT molecular complexity index is 697. The second kappa shape index (κ2) is 9.67. The molecule has 1 aromatic rings. The lowest BCUT2D eigenvalue weighted by atomic mass is 10.1. The van der Waals surface area contributed by atoms with Gasteiger partial charge in [-0.1, -0.05) is 43.9 Å². The molecule has 1 aromatic carbocycles. The van der Waals surface area contributed by atoms with Gasteiger partial charge in [0, 0.05) is 29.4 Å². The van der Waals surface area contributed by atoms with Crippen molar-refractivity contribution in [1.29, 1.82) is 0 Å². The maximum absolute atomic E-state index is 12.3. The van der Waals surface area contributed by atoms with Crippen molar-refractivity contribution in [2.75, 3.05) is 23.7 Å². The highest BCUT2D eigenvalue weighted by atomic mass is 35.5. The standard InChI is InChI=1S/C19H31ClN2O2S2/c1-5-21(18-14-16(20)13-12-15(18)3)25-19-11-9-7-8-10-17(19)22(6-2)26(4,23)24/h12-14,17,19H,5-11H2,1-4H3. The first-order valence-electron chi connectivity index (χ1n) is 9.45. The van der Waals surface area contributed by atoms with Gasteiger partial charge in [-0.25, -0.2) is 8.42 Å². The minimum absolute atomic E-state index is 0.0519. The summed E-state index contributed by atoms with van der Waals surface area (Å²) in [6.07, 6.45) is 6.73. The van der Waals surface area contributed by atoms with Crippen molar-refractivity contribution >= 4 is 39.3 Å². The molecule has 0 N–H and O–H groups in total. The molecule has 0 saturated heterocycles. The Hall–Kier alpha value is -0.430. The van der Waals surface area contributed by atoms with Crippen LogP contribution in [-0.2, 0) is 10.0 Å². The van der Waals surface area contributed by atoms with E-state index in [4.69, 9.17) is 11.6 Å². The monoisotopic (exact) mass is 418 g/mol. The van der Waals surface area contributed by atoms with Crippen LogP contribution in [0.25, 0.3) is 0 Å². The number of halogens is 1. The van der Waals surface area contributed by atoms with E-state index in [1.807, 2.05) is 25.1 Å². The van der Waals surface area contributed by atoms with Gasteiger partial charge in [-0.15, -0.1) is 0 Å². The van der Waals surface area contributed by atoms with Crippen molar-refractivity contribution in [3.8, 4) is 0 Å². The molecule has 0 spiro atoms. The molecule has 4 nitrogen and oxygen atoms in total. The highest BCUT2D eigenvalue weighted by molar-refractivity contribution is 8.01. The largest absolute Gasteiger partial charge is 0.316 e. The van der Waals surface area contributed by atoms with E-state index in [1.54, 1.807) is 16.3 Å². The first-order chi connectivity index (χ1) is 12.3. The second-order valence-corrected chi connectivity index (χ2v) is 10.6. The van der Waals surface area contributed by atoms with Gasteiger partial charge in [0.05, 0.1) is 11.9 Å². The van der Waals surface area contributed by atoms with Crippen LogP contribution in [-0.4, -0.2) is 43.4 Å². The molecule has 148 valence electrons. The zero-order chi connectivity index (χ0) is 19.3. The lowest BCUT2D eigenvalue weighted by molar-refractivity contribution is 0.311. The van der Waals surface area contributed by atoms with Crippen LogP contribution in [0.5, 0.6) is 0 Å². The van der Waals surface area contributed by atoms with Crippen LogP contribution in [0.2, 0.25) is 5.02 Å². The van der Waals surface area contributed by atoms with Crippen LogP contribution >= 0.6 is 23.5 Å². The molecule has 2 atom stereocenters. The molecule has 1 saturated carbocycles. The smallest absolute Gasteiger partial charge is 0.211 e. The van der Waals surface area contributed by atoms with Gasteiger partial charge < -0.3 is 4.31 Å². The van der Waals surface area contributed by atoms with Gasteiger partial charge in [0.15, 0.2) is 0 Å². The van der Waals surface area contributed by atoms with E-state index in [-0.39, 0.29) is 11.3 Å². The molecule has 0 amide bonds. The van der Waals surface area contributed by atoms with Crippen LogP contribution in [0.4, 0.5) is 5.69 Å². The normalized spacial score (nSPS) is 21.6. The van der Waals surface area contributed by atoms with Crippen LogP contribution in [0.3, 0.4) is 0 Å². The van der Waals surface area contributed by atoms with Crippen molar-refractivity contribution in [3.05, 3.63) is 28.8 Å². The topological polar surface area (TPSA) is 40.6 Å². The minimum atomic E-state index is -3.21.